The van der Waals surface area contributed by atoms with E-state index in [9.17, 15) is 9.59 Å². The first-order valence-electron chi connectivity index (χ1n) is 10.1. The highest BCUT2D eigenvalue weighted by Gasteiger charge is 2.64. The zero-order valence-electron chi connectivity index (χ0n) is 17.3. The van der Waals surface area contributed by atoms with E-state index in [-0.39, 0.29) is 39.1 Å². The first-order valence-corrected chi connectivity index (χ1v) is 12.0. The number of alkyl halides is 2. The first kappa shape index (κ1) is 25.0. The number of benzene rings is 3. The number of rotatable bonds is 6. The van der Waals surface area contributed by atoms with Gasteiger partial charge < -0.3 is 10.1 Å². The molecule has 176 valence electrons. The van der Waals surface area contributed by atoms with Gasteiger partial charge in [-0.2, -0.15) is 0 Å². The number of carbonyl (C=O) groups excluding carboxylic acids is 2. The summed E-state index contributed by atoms with van der Waals surface area (Å²) in [7, 11) is 0. The molecule has 1 aliphatic carbocycles. The minimum Gasteiger partial charge on any atom is -0.492 e. The van der Waals surface area contributed by atoms with Crippen molar-refractivity contribution >= 4 is 75.6 Å². The second-order valence-electron chi connectivity index (χ2n) is 7.63. The van der Waals surface area contributed by atoms with E-state index in [2.05, 4.69) is 10.6 Å². The number of carbonyl (C=O) groups is 2. The van der Waals surface area contributed by atoms with E-state index >= 15 is 0 Å². The van der Waals surface area contributed by atoms with Crippen LogP contribution in [0.3, 0.4) is 0 Å². The standard InChI is InChI=1S/C24H17Cl5N2O3/c25-16-7-4-8-17(26)20(16)22(32)31-23(33)30-14-9-10-19(18(27)11-14)34-12-15-21(24(15,28)29)13-5-2-1-3-6-13/h1-11,15,21H,12H2,(H2,30,31,32,33). The van der Waals surface area contributed by atoms with Crippen molar-refractivity contribution in [2.45, 2.75) is 10.3 Å². The van der Waals surface area contributed by atoms with Crippen LogP contribution in [-0.2, 0) is 0 Å². The van der Waals surface area contributed by atoms with Crippen LogP contribution in [0.25, 0.3) is 0 Å². The average Bonchev–Trinajstić information content (AvgIpc) is 3.33. The topological polar surface area (TPSA) is 67.4 Å². The van der Waals surface area contributed by atoms with Gasteiger partial charge in [0.1, 0.15) is 10.1 Å². The normalized spacial score (nSPS) is 18.1. The summed E-state index contributed by atoms with van der Waals surface area (Å²) in [4.78, 5) is 24.6. The zero-order valence-corrected chi connectivity index (χ0v) is 21.1. The Morgan fingerprint density at radius 2 is 1.56 bits per heavy atom. The molecule has 4 rings (SSSR count). The van der Waals surface area contributed by atoms with E-state index in [0.29, 0.717) is 11.4 Å². The van der Waals surface area contributed by atoms with Gasteiger partial charge in [0.25, 0.3) is 5.91 Å². The molecule has 0 heterocycles. The number of nitrogens with one attached hydrogen (secondary N) is 2. The van der Waals surface area contributed by atoms with Gasteiger partial charge in [0, 0.05) is 17.5 Å². The highest BCUT2D eigenvalue weighted by Crippen LogP contribution is 2.64. The van der Waals surface area contributed by atoms with Crippen LogP contribution in [0.4, 0.5) is 10.5 Å². The van der Waals surface area contributed by atoms with Crippen LogP contribution in [0.2, 0.25) is 15.1 Å². The van der Waals surface area contributed by atoms with E-state index in [0.717, 1.165) is 5.56 Å². The molecule has 3 amide bonds. The van der Waals surface area contributed by atoms with E-state index in [1.165, 1.54) is 18.2 Å². The summed E-state index contributed by atoms with van der Waals surface area (Å²) in [5, 5.41) is 5.23. The number of imide groups is 1. The van der Waals surface area contributed by atoms with Crippen molar-refractivity contribution in [3.63, 3.8) is 0 Å². The SMILES string of the molecule is O=C(NC(=O)c1c(Cl)cccc1Cl)Nc1ccc(OCC2C(c3ccccc3)C2(Cl)Cl)c(Cl)c1. The van der Waals surface area contributed by atoms with Crippen LogP contribution in [0, 0.1) is 5.92 Å². The second-order valence-corrected chi connectivity index (χ2v) is 10.3. The van der Waals surface area contributed by atoms with Crippen molar-refractivity contribution in [3.05, 3.63) is 92.9 Å². The summed E-state index contributed by atoms with van der Waals surface area (Å²) < 4.78 is 4.93. The molecule has 1 saturated carbocycles. The number of anilines is 1. The lowest BCUT2D eigenvalue weighted by molar-refractivity contribution is 0.0967. The Kier molecular flexibility index (Phi) is 7.51. The van der Waals surface area contributed by atoms with Gasteiger partial charge in [0.15, 0.2) is 0 Å². The van der Waals surface area contributed by atoms with Gasteiger partial charge >= 0.3 is 6.03 Å². The lowest BCUT2D eigenvalue weighted by Crippen LogP contribution is -2.34. The van der Waals surface area contributed by atoms with Crippen molar-refractivity contribution in [2.75, 3.05) is 11.9 Å². The van der Waals surface area contributed by atoms with Crippen LogP contribution in [0.1, 0.15) is 21.8 Å². The summed E-state index contributed by atoms with van der Waals surface area (Å²) in [6.45, 7) is 0.270. The van der Waals surface area contributed by atoms with E-state index in [1.807, 2.05) is 30.3 Å². The Bertz CT molecular complexity index is 1220. The first-order chi connectivity index (χ1) is 16.2. The number of hydrogen-bond donors (Lipinski definition) is 2. The number of halogens is 5. The summed E-state index contributed by atoms with van der Waals surface area (Å²) in [6, 6.07) is 18.3. The van der Waals surface area contributed by atoms with E-state index in [4.69, 9.17) is 62.7 Å². The Morgan fingerprint density at radius 1 is 0.882 bits per heavy atom. The maximum atomic E-state index is 12.3. The Balaban J connectivity index is 1.34. The van der Waals surface area contributed by atoms with E-state index < -0.39 is 16.3 Å². The summed E-state index contributed by atoms with van der Waals surface area (Å²) >= 11 is 31.2. The third-order valence-corrected chi connectivity index (χ3v) is 7.34. The molecule has 0 saturated heterocycles. The summed E-state index contributed by atoms with van der Waals surface area (Å²) in [5.74, 6) is -0.457. The Labute approximate surface area is 221 Å². The predicted octanol–water partition coefficient (Wildman–Crippen LogP) is 7.58. The van der Waals surface area contributed by atoms with Crippen LogP contribution in [-0.4, -0.2) is 22.9 Å². The molecule has 0 bridgehead atoms. The molecule has 0 radical (unpaired) electrons. The summed E-state index contributed by atoms with van der Waals surface area (Å²) in [6.07, 6.45) is 0. The minimum atomic E-state index is -0.912. The zero-order chi connectivity index (χ0) is 24.5. The third kappa shape index (κ3) is 5.40. The van der Waals surface area contributed by atoms with E-state index in [1.54, 1.807) is 18.2 Å². The lowest BCUT2D eigenvalue weighted by Gasteiger charge is -2.11. The maximum Gasteiger partial charge on any atom is 0.326 e. The van der Waals surface area contributed by atoms with Gasteiger partial charge in [-0.25, -0.2) is 4.79 Å². The van der Waals surface area contributed by atoms with Crippen LogP contribution < -0.4 is 15.4 Å². The highest BCUT2D eigenvalue weighted by atomic mass is 35.5. The molecule has 3 aromatic rings. The van der Waals surface area contributed by atoms with Gasteiger partial charge in [-0.15, -0.1) is 23.2 Å². The highest BCUT2D eigenvalue weighted by molar-refractivity contribution is 6.52. The van der Waals surface area contributed by atoms with Crippen LogP contribution >= 0.6 is 58.0 Å². The predicted molar refractivity (Wildman–Crippen MR) is 137 cm³/mol. The third-order valence-electron chi connectivity index (χ3n) is 5.39. The molecule has 0 aromatic heterocycles. The van der Waals surface area contributed by atoms with Crippen molar-refractivity contribution in [2.24, 2.45) is 5.92 Å². The molecule has 5 nitrogen and oxygen atoms in total. The second kappa shape index (κ2) is 10.2. The molecule has 10 heteroatoms. The van der Waals surface area contributed by atoms with Crippen LogP contribution in [0.15, 0.2) is 66.7 Å². The number of urea groups is 1. The van der Waals surface area contributed by atoms with Crippen LogP contribution in [0.5, 0.6) is 5.75 Å². The number of hydrogen-bond acceptors (Lipinski definition) is 3. The van der Waals surface area contributed by atoms with Crippen molar-refractivity contribution in [3.8, 4) is 5.75 Å². The fourth-order valence-electron chi connectivity index (χ4n) is 3.63. The Morgan fingerprint density at radius 3 is 2.21 bits per heavy atom. The van der Waals surface area contributed by atoms with Gasteiger partial charge in [-0.05, 0) is 35.9 Å². The van der Waals surface area contributed by atoms with Gasteiger partial charge in [-0.3, -0.25) is 10.1 Å². The minimum absolute atomic E-state index is 0.00584. The maximum absolute atomic E-state index is 12.3. The van der Waals surface area contributed by atoms with Gasteiger partial charge in [0.05, 0.1) is 27.2 Å². The summed E-state index contributed by atoms with van der Waals surface area (Å²) in [5.41, 5.74) is 1.40. The molecule has 1 fully saturated rings. The van der Waals surface area contributed by atoms with Crippen molar-refractivity contribution in [1.82, 2.24) is 5.32 Å². The molecule has 0 aliphatic heterocycles. The monoisotopic (exact) mass is 556 g/mol. The fourth-order valence-corrected chi connectivity index (χ4v) is 5.24. The molecular weight excluding hydrogens is 542 g/mol. The molecule has 2 N–H and O–H groups in total. The van der Waals surface area contributed by atoms with Crippen molar-refractivity contribution in [1.29, 1.82) is 0 Å². The molecule has 3 aromatic carbocycles. The lowest BCUT2D eigenvalue weighted by atomic mass is 10.1. The molecule has 2 unspecified atom stereocenters. The molecular formula is C24H17Cl5N2O3. The quantitative estimate of drug-likeness (QED) is 0.307. The number of amides is 3. The molecule has 1 aliphatic rings. The number of ether oxygens (including phenoxy) is 1. The van der Waals surface area contributed by atoms with Gasteiger partial charge in [0.2, 0.25) is 0 Å². The molecule has 34 heavy (non-hydrogen) atoms. The Hall–Kier alpha value is -2.15. The van der Waals surface area contributed by atoms with Crippen molar-refractivity contribution < 1.29 is 14.3 Å². The molecule has 2 atom stereocenters. The largest absolute Gasteiger partial charge is 0.492 e. The molecule has 0 spiro atoms. The average molecular weight is 559 g/mol. The van der Waals surface area contributed by atoms with Gasteiger partial charge in [-0.1, -0.05) is 71.2 Å². The fraction of sp³-hybridized carbons (Fsp3) is 0.167. The smallest absolute Gasteiger partial charge is 0.326 e.